The maximum atomic E-state index is 12.4. The second-order valence-corrected chi connectivity index (χ2v) is 16.6. The maximum absolute atomic E-state index is 12.4. The van der Waals surface area contributed by atoms with E-state index in [0.29, 0.717) is 19.3 Å². The molecule has 1 atom stereocenters. The average Bonchev–Trinajstić information content (AvgIpc) is 3.20. The van der Waals surface area contributed by atoms with Crippen molar-refractivity contribution >= 4 is 19.8 Å². The molecule has 0 saturated heterocycles. The molecule has 0 spiro atoms. The third kappa shape index (κ3) is 46.2. The lowest BCUT2D eigenvalue weighted by Gasteiger charge is -2.18. The van der Waals surface area contributed by atoms with E-state index in [1.807, 2.05) is 6.08 Å². The standard InChI is InChI=1S/C49H85O8P/c1-3-5-7-9-11-13-15-17-19-21-22-23-24-25-26-28-29-31-33-35-37-39-41-43-48(50)55-45-47(46-56-58(52,53)54)57-49(51)44-42-40-38-36-34-32-30-27-20-18-16-14-12-10-8-6-4-2/h12,14,18,20,28-30,32,35-38,47H,3-11,13,15-17,19,21-27,31,33-34,39-46H2,1-2H3,(H2,52,53,54)/b14-12+,20-18+,29-28+,32-30+,37-35+,38-36+/t47-/m1/s1. The summed E-state index contributed by atoms with van der Waals surface area (Å²) in [5.74, 6) is -1.00. The summed E-state index contributed by atoms with van der Waals surface area (Å²) < 4.78 is 26.3. The van der Waals surface area contributed by atoms with Crippen LogP contribution in [0.3, 0.4) is 0 Å². The molecule has 0 bridgehead atoms. The van der Waals surface area contributed by atoms with E-state index in [9.17, 15) is 14.2 Å². The smallest absolute Gasteiger partial charge is 0.462 e. The first-order valence-electron chi connectivity index (χ1n) is 23.2. The molecule has 8 nitrogen and oxygen atoms in total. The van der Waals surface area contributed by atoms with Crippen LogP contribution < -0.4 is 0 Å². The zero-order valence-electron chi connectivity index (χ0n) is 36.9. The van der Waals surface area contributed by atoms with E-state index in [0.717, 1.165) is 51.4 Å². The Balaban J connectivity index is 3.99. The summed E-state index contributed by atoms with van der Waals surface area (Å²) >= 11 is 0. The first-order valence-corrected chi connectivity index (χ1v) is 24.8. The fourth-order valence-corrected chi connectivity index (χ4v) is 6.57. The first kappa shape index (κ1) is 55.5. The number of ether oxygens (including phenoxy) is 2. The van der Waals surface area contributed by atoms with Gasteiger partial charge < -0.3 is 19.3 Å². The van der Waals surface area contributed by atoms with E-state index in [-0.39, 0.29) is 19.4 Å². The Morgan fingerprint density at radius 2 is 0.793 bits per heavy atom. The van der Waals surface area contributed by atoms with E-state index in [2.05, 4.69) is 85.2 Å². The van der Waals surface area contributed by atoms with Gasteiger partial charge in [0, 0.05) is 12.8 Å². The van der Waals surface area contributed by atoms with Crippen molar-refractivity contribution in [2.24, 2.45) is 0 Å². The van der Waals surface area contributed by atoms with Crippen molar-refractivity contribution < 1.29 is 37.9 Å². The van der Waals surface area contributed by atoms with Crippen molar-refractivity contribution in [3.05, 3.63) is 72.9 Å². The summed E-state index contributed by atoms with van der Waals surface area (Å²) in [5, 5.41) is 0. The highest BCUT2D eigenvalue weighted by atomic mass is 31.2. The Labute approximate surface area is 355 Å². The van der Waals surface area contributed by atoms with Gasteiger partial charge in [0.1, 0.15) is 6.61 Å². The minimum absolute atomic E-state index is 0.125. The molecule has 0 aromatic carbocycles. The minimum Gasteiger partial charge on any atom is -0.462 e. The van der Waals surface area contributed by atoms with Crippen molar-refractivity contribution in [1.29, 1.82) is 0 Å². The highest BCUT2D eigenvalue weighted by Gasteiger charge is 2.22. The quantitative estimate of drug-likeness (QED) is 0.0270. The number of phosphoric acid groups is 1. The lowest BCUT2D eigenvalue weighted by atomic mass is 10.0. The highest BCUT2D eigenvalue weighted by molar-refractivity contribution is 7.46. The topological polar surface area (TPSA) is 119 Å². The summed E-state index contributed by atoms with van der Waals surface area (Å²) in [6.45, 7) is 3.59. The molecule has 0 aromatic heterocycles. The van der Waals surface area contributed by atoms with E-state index < -0.39 is 32.5 Å². The lowest BCUT2D eigenvalue weighted by Crippen LogP contribution is -2.29. The fraction of sp³-hybridized carbons (Fsp3) is 0.714. The van der Waals surface area contributed by atoms with Gasteiger partial charge in [0.15, 0.2) is 6.10 Å². The second kappa shape index (κ2) is 44.1. The summed E-state index contributed by atoms with van der Waals surface area (Å²) in [7, 11) is -4.78. The molecule has 0 aliphatic carbocycles. The Bertz CT molecular complexity index is 1170. The van der Waals surface area contributed by atoms with E-state index in [4.69, 9.17) is 19.3 Å². The minimum atomic E-state index is -4.78. The predicted octanol–water partition coefficient (Wildman–Crippen LogP) is 14.6. The maximum Gasteiger partial charge on any atom is 0.469 e. The molecule has 0 aliphatic heterocycles. The molecule has 0 rings (SSSR count). The van der Waals surface area contributed by atoms with E-state index in [1.165, 1.54) is 109 Å². The third-order valence-electron chi connectivity index (χ3n) is 9.68. The Hall–Kier alpha value is -2.51. The van der Waals surface area contributed by atoms with Crippen molar-refractivity contribution in [2.45, 2.75) is 213 Å². The van der Waals surface area contributed by atoms with E-state index in [1.54, 1.807) is 0 Å². The average molecular weight is 833 g/mol. The number of esters is 2. The fourth-order valence-electron chi connectivity index (χ4n) is 6.21. The zero-order chi connectivity index (χ0) is 42.5. The van der Waals surface area contributed by atoms with Crippen molar-refractivity contribution in [1.82, 2.24) is 0 Å². The predicted molar refractivity (Wildman–Crippen MR) is 244 cm³/mol. The van der Waals surface area contributed by atoms with Gasteiger partial charge in [-0.05, 0) is 83.5 Å². The molecule has 0 unspecified atom stereocenters. The molecule has 9 heteroatoms. The van der Waals surface area contributed by atoms with Gasteiger partial charge >= 0.3 is 19.8 Å². The molecule has 0 aliphatic rings. The Morgan fingerprint density at radius 3 is 1.26 bits per heavy atom. The molecule has 58 heavy (non-hydrogen) atoms. The summed E-state index contributed by atoms with van der Waals surface area (Å²) in [6.07, 6.45) is 57.9. The van der Waals surface area contributed by atoms with Crippen LogP contribution >= 0.6 is 7.82 Å². The molecule has 0 fully saturated rings. The number of hydrogen-bond donors (Lipinski definition) is 2. The van der Waals surface area contributed by atoms with Crippen LogP contribution in [0.5, 0.6) is 0 Å². The van der Waals surface area contributed by atoms with Crippen LogP contribution in [0.25, 0.3) is 0 Å². The molecule has 0 heterocycles. The molecule has 2 N–H and O–H groups in total. The molecule has 0 aromatic rings. The van der Waals surface area contributed by atoms with Crippen LogP contribution in [0.4, 0.5) is 0 Å². The monoisotopic (exact) mass is 833 g/mol. The van der Waals surface area contributed by atoms with Gasteiger partial charge in [-0.3, -0.25) is 14.1 Å². The van der Waals surface area contributed by atoms with Crippen LogP contribution in [0, 0.1) is 0 Å². The van der Waals surface area contributed by atoms with Crippen LogP contribution in [-0.4, -0.2) is 41.0 Å². The number of rotatable bonds is 42. The van der Waals surface area contributed by atoms with Gasteiger partial charge in [-0.1, -0.05) is 183 Å². The van der Waals surface area contributed by atoms with E-state index >= 15 is 0 Å². The van der Waals surface area contributed by atoms with Gasteiger partial charge in [0.25, 0.3) is 0 Å². The van der Waals surface area contributed by atoms with Crippen LogP contribution in [0.15, 0.2) is 72.9 Å². The Morgan fingerprint density at radius 1 is 0.448 bits per heavy atom. The van der Waals surface area contributed by atoms with Crippen molar-refractivity contribution in [3.63, 3.8) is 0 Å². The SMILES string of the molecule is CCCCC/C=C/C/C=C/C/C=C/C/C=C/CCCC(=O)O[C@H](COC(=O)CCC/C=C/CC/C=C/CCCCCCCCCCCCCCCC)COP(=O)(O)O. The number of allylic oxidation sites excluding steroid dienone is 12. The van der Waals surface area contributed by atoms with Gasteiger partial charge in [0.2, 0.25) is 0 Å². The molecule has 334 valence electrons. The highest BCUT2D eigenvalue weighted by Crippen LogP contribution is 2.36. The third-order valence-corrected chi connectivity index (χ3v) is 10.2. The number of unbranched alkanes of at least 4 members (excludes halogenated alkanes) is 20. The lowest BCUT2D eigenvalue weighted by molar-refractivity contribution is -0.161. The molecule has 0 saturated carbocycles. The van der Waals surface area contributed by atoms with Gasteiger partial charge in [0.05, 0.1) is 6.61 Å². The summed E-state index contributed by atoms with van der Waals surface area (Å²) in [4.78, 5) is 42.9. The van der Waals surface area contributed by atoms with Crippen molar-refractivity contribution in [3.8, 4) is 0 Å². The largest absolute Gasteiger partial charge is 0.469 e. The second-order valence-electron chi connectivity index (χ2n) is 15.4. The normalized spacial score (nSPS) is 13.1. The number of carbonyl (C=O) groups excluding carboxylic acids is 2. The van der Waals surface area contributed by atoms with Gasteiger partial charge in [-0.25, -0.2) is 4.57 Å². The molecular formula is C49H85O8P. The zero-order valence-corrected chi connectivity index (χ0v) is 37.8. The van der Waals surface area contributed by atoms with Crippen LogP contribution in [0.1, 0.15) is 206 Å². The first-order chi connectivity index (χ1) is 28.3. The summed E-state index contributed by atoms with van der Waals surface area (Å²) in [6, 6.07) is 0. The molecule has 0 radical (unpaired) electrons. The number of carbonyl (C=O) groups is 2. The van der Waals surface area contributed by atoms with Gasteiger partial charge in [-0.15, -0.1) is 0 Å². The number of phosphoric ester groups is 1. The number of hydrogen-bond acceptors (Lipinski definition) is 6. The van der Waals surface area contributed by atoms with Crippen LogP contribution in [-0.2, 0) is 28.2 Å². The summed E-state index contributed by atoms with van der Waals surface area (Å²) in [5.41, 5.74) is 0. The van der Waals surface area contributed by atoms with Crippen LogP contribution in [0.2, 0.25) is 0 Å². The molecule has 0 amide bonds. The van der Waals surface area contributed by atoms with Crippen molar-refractivity contribution in [2.75, 3.05) is 13.2 Å². The Kier molecular flexibility index (Phi) is 42.1. The molecular weight excluding hydrogens is 748 g/mol. The van der Waals surface area contributed by atoms with Gasteiger partial charge in [-0.2, -0.15) is 0 Å².